The van der Waals surface area contributed by atoms with Crippen LogP contribution in [0.1, 0.15) is 35.4 Å². The first-order valence-electron chi connectivity index (χ1n) is 9.91. The minimum atomic E-state index is -3.48. The molecule has 0 saturated carbocycles. The Kier molecular flexibility index (Phi) is 5.73. The number of carbonyl (C=O) groups excluding carboxylic acids is 1. The Morgan fingerprint density at radius 1 is 1.10 bits per heavy atom. The van der Waals surface area contributed by atoms with Crippen molar-refractivity contribution in [3.05, 3.63) is 59.7 Å². The van der Waals surface area contributed by atoms with Gasteiger partial charge in [0.1, 0.15) is 11.6 Å². The number of fused-ring (bicyclic) bond motifs is 1. The molecule has 0 bridgehead atoms. The molecule has 4 rings (SSSR count). The highest BCUT2D eigenvalue weighted by Gasteiger charge is 2.18. The minimum absolute atomic E-state index is 0.00921. The van der Waals surface area contributed by atoms with Gasteiger partial charge in [-0.2, -0.15) is 0 Å². The van der Waals surface area contributed by atoms with Gasteiger partial charge in [-0.05, 0) is 49.2 Å². The third-order valence-electron chi connectivity index (χ3n) is 5.01. The maximum Gasteiger partial charge on any atom is 0.255 e. The van der Waals surface area contributed by atoms with Crippen molar-refractivity contribution in [1.29, 1.82) is 0 Å². The first-order valence-corrected chi connectivity index (χ1v) is 11.8. The van der Waals surface area contributed by atoms with Crippen LogP contribution in [0.15, 0.2) is 42.5 Å². The SMILES string of the molecule is CS(=O)(=O)Nc1cccc(C(=O)Nc2cc(-c3nnc4n3CCCCC4)ccc2F)c1. The second kappa shape index (κ2) is 8.46. The number of aromatic nitrogens is 3. The van der Waals surface area contributed by atoms with Crippen LogP contribution in [0, 0.1) is 5.82 Å². The molecule has 2 heterocycles. The summed E-state index contributed by atoms with van der Waals surface area (Å²) in [7, 11) is -3.48. The number of amides is 1. The summed E-state index contributed by atoms with van der Waals surface area (Å²) in [6, 6.07) is 10.4. The van der Waals surface area contributed by atoms with E-state index in [1.807, 2.05) is 4.57 Å². The van der Waals surface area contributed by atoms with E-state index in [4.69, 9.17) is 0 Å². The molecule has 0 radical (unpaired) electrons. The molecule has 2 aromatic carbocycles. The van der Waals surface area contributed by atoms with E-state index < -0.39 is 21.7 Å². The first-order chi connectivity index (χ1) is 14.8. The molecule has 0 saturated heterocycles. The number of hydrogen-bond acceptors (Lipinski definition) is 5. The maximum atomic E-state index is 14.4. The fourth-order valence-electron chi connectivity index (χ4n) is 3.59. The molecule has 0 atom stereocenters. The topological polar surface area (TPSA) is 106 Å². The molecule has 1 amide bonds. The molecule has 0 fully saturated rings. The number of anilines is 2. The van der Waals surface area contributed by atoms with Crippen LogP contribution < -0.4 is 10.0 Å². The van der Waals surface area contributed by atoms with Gasteiger partial charge in [0.2, 0.25) is 10.0 Å². The van der Waals surface area contributed by atoms with Gasteiger partial charge in [0.25, 0.3) is 5.91 Å². The molecule has 8 nitrogen and oxygen atoms in total. The minimum Gasteiger partial charge on any atom is -0.319 e. The van der Waals surface area contributed by atoms with Crippen molar-refractivity contribution in [1.82, 2.24) is 14.8 Å². The normalized spacial score (nSPS) is 13.9. The summed E-state index contributed by atoms with van der Waals surface area (Å²) in [4.78, 5) is 12.7. The van der Waals surface area contributed by atoms with Crippen molar-refractivity contribution >= 4 is 27.3 Å². The standard InChI is InChI=1S/C21H22FN5O3S/c1-31(29,30)26-16-7-5-6-15(12-16)21(28)23-18-13-14(9-10-17(18)22)20-25-24-19-8-3-2-4-11-27(19)20/h5-7,9-10,12-13,26H,2-4,8,11H2,1H3,(H,23,28). The maximum absolute atomic E-state index is 14.4. The highest BCUT2D eigenvalue weighted by atomic mass is 32.2. The molecule has 3 aromatic rings. The summed E-state index contributed by atoms with van der Waals surface area (Å²) >= 11 is 0. The van der Waals surface area contributed by atoms with Crippen LogP contribution in [0.25, 0.3) is 11.4 Å². The molecule has 162 valence electrons. The third-order valence-corrected chi connectivity index (χ3v) is 5.62. The van der Waals surface area contributed by atoms with Crippen LogP contribution in [-0.4, -0.2) is 35.3 Å². The van der Waals surface area contributed by atoms with Crippen molar-refractivity contribution in [3.63, 3.8) is 0 Å². The van der Waals surface area contributed by atoms with E-state index in [2.05, 4.69) is 20.2 Å². The van der Waals surface area contributed by atoms with E-state index in [0.29, 0.717) is 11.4 Å². The van der Waals surface area contributed by atoms with Gasteiger partial charge < -0.3 is 9.88 Å². The van der Waals surface area contributed by atoms with Gasteiger partial charge in [-0.25, -0.2) is 12.8 Å². The number of hydrogen-bond donors (Lipinski definition) is 2. The molecule has 0 spiro atoms. The number of halogens is 1. The molecular weight excluding hydrogens is 421 g/mol. The Hall–Kier alpha value is -3.27. The molecule has 31 heavy (non-hydrogen) atoms. The van der Waals surface area contributed by atoms with Crippen LogP contribution in [0.2, 0.25) is 0 Å². The number of nitrogens with zero attached hydrogens (tertiary/aromatic N) is 3. The van der Waals surface area contributed by atoms with E-state index in [0.717, 1.165) is 44.3 Å². The zero-order valence-corrected chi connectivity index (χ0v) is 17.7. The quantitative estimate of drug-likeness (QED) is 0.628. The van der Waals surface area contributed by atoms with Gasteiger partial charge in [0.15, 0.2) is 5.82 Å². The summed E-state index contributed by atoms with van der Waals surface area (Å²) in [5, 5.41) is 11.1. The van der Waals surface area contributed by atoms with Crippen molar-refractivity contribution in [2.75, 3.05) is 16.3 Å². The second-order valence-corrected chi connectivity index (χ2v) is 9.25. The molecule has 2 N–H and O–H groups in total. The van der Waals surface area contributed by atoms with Gasteiger partial charge in [0, 0.05) is 29.8 Å². The summed E-state index contributed by atoms with van der Waals surface area (Å²) in [5.74, 6) is 0.413. The van der Waals surface area contributed by atoms with Crippen molar-refractivity contribution in [2.45, 2.75) is 32.2 Å². The smallest absolute Gasteiger partial charge is 0.255 e. The molecular formula is C21H22FN5O3S. The van der Waals surface area contributed by atoms with Crippen LogP contribution >= 0.6 is 0 Å². The monoisotopic (exact) mass is 443 g/mol. The zero-order valence-electron chi connectivity index (χ0n) is 16.9. The largest absolute Gasteiger partial charge is 0.319 e. The molecule has 1 aliphatic heterocycles. The predicted molar refractivity (Wildman–Crippen MR) is 116 cm³/mol. The van der Waals surface area contributed by atoms with Gasteiger partial charge in [-0.1, -0.05) is 12.5 Å². The Labute approximate surface area is 179 Å². The molecule has 10 heteroatoms. The third kappa shape index (κ3) is 4.91. The first kappa shape index (κ1) is 21.0. The van der Waals surface area contributed by atoms with E-state index in [-0.39, 0.29) is 16.9 Å². The fraction of sp³-hybridized carbons (Fsp3) is 0.286. The van der Waals surface area contributed by atoms with Gasteiger partial charge in [0.05, 0.1) is 11.9 Å². The van der Waals surface area contributed by atoms with Crippen LogP contribution in [-0.2, 0) is 23.0 Å². The number of sulfonamides is 1. The lowest BCUT2D eigenvalue weighted by Gasteiger charge is -2.11. The average molecular weight is 444 g/mol. The number of benzene rings is 2. The summed E-state index contributed by atoms with van der Waals surface area (Å²) < 4.78 is 41.6. The Morgan fingerprint density at radius 3 is 2.74 bits per heavy atom. The van der Waals surface area contributed by atoms with Crippen molar-refractivity contribution < 1.29 is 17.6 Å². The molecule has 1 aliphatic rings. The predicted octanol–water partition coefficient (Wildman–Crippen LogP) is 3.43. The van der Waals surface area contributed by atoms with E-state index in [9.17, 15) is 17.6 Å². The summed E-state index contributed by atoms with van der Waals surface area (Å²) in [6.07, 6.45) is 5.10. The summed E-state index contributed by atoms with van der Waals surface area (Å²) in [6.45, 7) is 0.802. The van der Waals surface area contributed by atoms with Crippen molar-refractivity contribution in [2.24, 2.45) is 0 Å². The highest BCUT2D eigenvalue weighted by molar-refractivity contribution is 7.92. The van der Waals surface area contributed by atoms with E-state index >= 15 is 0 Å². The van der Waals surface area contributed by atoms with Gasteiger partial charge in [-0.15, -0.1) is 10.2 Å². The number of rotatable bonds is 5. The Morgan fingerprint density at radius 2 is 1.94 bits per heavy atom. The zero-order chi connectivity index (χ0) is 22.0. The average Bonchev–Trinajstić information content (AvgIpc) is 2.96. The Balaban J connectivity index is 1.60. The van der Waals surface area contributed by atoms with Crippen molar-refractivity contribution in [3.8, 4) is 11.4 Å². The van der Waals surface area contributed by atoms with Gasteiger partial charge >= 0.3 is 0 Å². The number of carbonyl (C=O) groups is 1. The molecule has 0 aliphatic carbocycles. The lowest BCUT2D eigenvalue weighted by atomic mass is 10.1. The van der Waals surface area contributed by atoms with Crippen LogP contribution in [0.3, 0.4) is 0 Å². The second-order valence-electron chi connectivity index (χ2n) is 7.51. The van der Waals surface area contributed by atoms with Gasteiger partial charge in [-0.3, -0.25) is 9.52 Å². The van der Waals surface area contributed by atoms with E-state index in [1.165, 1.54) is 30.3 Å². The molecule has 1 aromatic heterocycles. The Bertz CT molecular complexity index is 1240. The molecule has 0 unspecified atom stereocenters. The number of nitrogens with one attached hydrogen (secondary N) is 2. The van der Waals surface area contributed by atoms with Crippen LogP contribution in [0.5, 0.6) is 0 Å². The lowest BCUT2D eigenvalue weighted by molar-refractivity contribution is 0.102. The van der Waals surface area contributed by atoms with E-state index in [1.54, 1.807) is 12.1 Å². The lowest BCUT2D eigenvalue weighted by Crippen LogP contribution is -2.14. The number of aryl methyl sites for hydroxylation is 1. The van der Waals surface area contributed by atoms with Crippen LogP contribution in [0.4, 0.5) is 15.8 Å². The highest BCUT2D eigenvalue weighted by Crippen LogP contribution is 2.27. The fourth-order valence-corrected chi connectivity index (χ4v) is 4.15. The summed E-state index contributed by atoms with van der Waals surface area (Å²) in [5.41, 5.74) is 1.10.